The molecule has 2 aliphatic rings. The largest absolute Gasteiger partial charge is 0.505 e. The first-order valence-electron chi connectivity index (χ1n) is 13.3. The van der Waals surface area contributed by atoms with E-state index in [1.807, 2.05) is 0 Å². The predicted molar refractivity (Wildman–Crippen MR) is 137 cm³/mol. The third-order valence-corrected chi connectivity index (χ3v) is 8.13. The van der Waals surface area contributed by atoms with Gasteiger partial charge in [0.15, 0.2) is 34.8 Å². The molecule has 3 aromatic rings. The van der Waals surface area contributed by atoms with Crippen LogP contribution < -0.4 is 0 Å². The average molecular weight is 563 g/mol. The van der Waals surface area contributed by atoms with Crippen LogP contribution in [-0.2, 0) is 11.3 Å². The van der Waals surface area contributed by atoms with E-state index in [4.69, 9.17) is 4.74 Å². The molecule has 0 saturated heterocycles. The second-order valence-electron chi connectivity index (χ2n) is 10.5. The normalized spacial score (nSPS) is 21.4. The topological polar surface area (TPSA) is 49.7 Å². The zero-order valence-electron chi connectivity index (χ0n) is 21.5. The Morgan fingerprint density at radius 1 is 0.625 bits per heavy atom. The summed E-state index contributed by atoms with van der Waals surface area (Å²) in [6.07, 6.45) is 4.64. The van der Waals surface area contributed by atoms with Crippen LogP contribution in [-0.4, -0.2) is 16.3 Å². The molecule has 5 rings (SSSR count). The highest BCUT2D eigenvalue weighted by molar-refractivity contribution is 5.68. The molecule has 212 valence electrons. The second-order valence-corrected chi connectivity index (χ2v) is 10.5. The van der Waals surface area contributed by atoms with Gasteiger partial charge in [0.2, 0.25) is 11.6 Å². The molecule has 1 atom stereocenters. The second kappa shape index (κ2) is 11.6. The van der Waals surface area contributed by atoms with E-state index in [1.165, 1.54) is 24.3 Å². The molecule has 1 saturated carbocycles. The summed E-state index contributed by atoms with van der Waals surface area (Å²) < 4.78 is 91.8. The highest BCUT2D eigenvalue weighted by Gasteiger charge is 2.28. The number of aromatic hydroxyl groups is 2. The Hall–Kier alpha value is -3.46. The number of phenols is 2. The van der Waals surface area contributed by atoms with Crippen molar-refractivity contribution in [2.75, 3.05) is 0 Å². The van der Waals surface area contributed by atoms with Crippen LogP contribution in [0.1, 0.15) is 79.0 Å². The van der Waals surface area contributed by atoms with Gasteiger partial charge in [0, 0.05) is 11.1 Å². The smallest absolute Gasteiger partial charge is 0.200 e. The Kier molecular flexibility index (Phi) is 8.12. The number of hydrogen-bond acceptors (Lipinski definition) is 3. The Morgan fingerprint density at radius 2 is 1.23 bits per heavy atom. The number of benzene rings is 3. The SMILES string of the molecule is Oc1ccc(C2=CCC(c3ccc(COC4CCC(c5ccc(O)c(F)c5F)CC4)c(F)c3F)CC2)c(F)c1F. The molecule has 1 unspecified atom stereocenters. The first kappa shape index (κ1) is 28.1. The molecular formula is C31H28F6O3. The average Bonchev–Trinajstić information content (AvgIpc) is 2.96. The van der Waals surface area contributed by atoms with Gasteiger partial charge >= 0.3 is 0 Å². The lowest BCUT2D eigenvalue weighted by Gasteiger charge is -2.29. The Balaban J connectivity index is 1.19. The number of hydrogen-bond donors (Lipinski definition) is 2. The van der Waals surface area contributed by atoms with Crippen molar-refractivity contribution in [2.24, 2.45) is 0 Å². The van der Waals surface area contributed by atoms with Crippen LogP contribution in [0.25, 0.3) is 5.57 Å². The first-order valence-corrected chi connectivity index (χ1v) is 13.3. The minimum absolute atomic E-state index is 0.0438. The molecule has 2 N–H and O–H groups in total. The molecule has 0 radical (unpaired) electrons. The molecule has 0 aromatic heterocycles. The van der Waals surface area contributed by atoms with Crippen molar-refractivity contribution >= 4 is 5.57 Å². The zero-order chi connectivity index (χ0) is 28.6. The molecule has 0 spiro atoms. The van der Waals surface area contributed by atoms with Crippen LogP contribution in [0.4, 0.5) is 26.3 Å². The van der Waals surface area contributed by atoms with E-state index in [9.17, 15) is 32.2 Å². The van der Waals surface area contributed by atoms with Crippen LogP contribution in [0.15, 0.2) is 42.5 Å². The predicted octanol–water partition coefficient (Wildman–Crippen LogP) is 8.53. The summed E-state index contributed by atoms with van der Waals surface area (Å²) in [7, 11) is 0. The van der Waals surface area contributed by atoms with E-state index >= 15 is 4.39 Å². The van der Waals surface area contributed by atoms with Gasteiger partial charge in [-0.3, -0.25) is 0 Å². The van der Waals surface area contributed by atoms with Crippen molar-refractivity contribution in [3.8, 4) is 11.5 Å². The van der Waals surface area contributed by atoms with Crippen LogP contribution >= 0.6 is 0 Å². The fourth-order valence-corrected chi connectivity index (χ4v) is 5.80. The molecular weight excluding hydrogens is 534 g/mol. The third kappa shape index (κ3) is 5.44. The molecule has 0 amide bonds. The van der Waals surface area contributed by atoms with Crippen LogP contribution in [0.2, 0.25) is 0 Å². The lowest BCUT2D eigenvalue weighted by molar-refractivity contribution is 0.0116. The molecule has 0 heterocycles. The van der Waals surface area contributed by atoms with Crippen molar-refractivity contribution in [3.05, 3.63) is 99.6 Å². The number of phenolic OH excluding ortho intramolecular Hbond substituents is 2. The van der Waals surface area contributed by atoms with Crippen molar-refractivity contribution < 1.29 is 41.3 Å². The number of ether oxygens (including phenoxy) is 1. The Labute approximate surface area is 227 Å². The van der Waals surface area contributed by atoms with Gasteiger partial charge in [-0.15, -0.1) is 0 Å². The van der Waals surface area contributed by atoms with E-state index in [1.54, 1.807) is 6.08 Å². The highest BCUT2D eigenvalue weighted by Crippen LogP contribution is 2.40. The summed E-state index contributed by atoms with van der Waals surface area (Å²) in [5, 5.41) is 18.7. The zero-order valence-corrected chi connectivity index (χ0v) is 21.5. The summed E-state index contributed by atoms with van der Waals surface area (Å²) in [5.74, 6) is -8.78. The maximum Gasteiger partial charge on any atom is 0.200 e. The summed E-state index contributed by atoms with van der Waals surface area (Å²) >= 11 is 0. The van der Waals surface area contributed by atoms with Gasteiger partial charge in [-0.25, -0.2) is 17.6 Å². The fraction of sp³-hybridized carbons (Fsp3) is 0.355. The minimum atomic E-state index is -1.32. The van der Waals surface area contributed by atoms with Crippen LogP contribution in [0.5, 0.6) is 11.5 Å². The Morgan fingerprint density at radius 3 is 1.90 bits per heavy atom. The molecule has 0 aliphatic heterocycles. The van der Waals surface area contributed by atoms with Crippen molar-refractivity contribution in [2.45, 2.75) is 69.5 Å². The van der Waals surface area contributed by atoms with Gasteiger partial charge in [-0.2, -0.15) is 8.78 Å². The van der Waals surface area contributed by atoms with E-state index in [-0.39, 0.29) is 46.8 Å². The van der Waals surface area contributed by atoms with E-state index in [2.05, 4.69) is 0 Å². The monoisotopic (exact) mass is 562 g/mol. The molecule has 1 fully saturated rings. The lowest BCUT2D eigenvalue weighted by atomic mass is 9.82. The first-order chi connectivity index (χ1) is 19.2. The van der Waals surface area contributed by atoms with Gasteiger partial charge in [0.1, 0.15) is 0 Å². The number of halogens is 6. The minimum Gasteiger partial charge on any atom is -0.505 e. The third-order valence-electron chi connectivity index (χ3n) is 8.13. The van der Waals surface area contributed by atoms with E-state index in [0.717, 1.165) is 12.1 Å². The standard InChI is InChI=1S/C31H28F6O3/c32-26-19(15-40-20-8-5-18(6-9-20)23-12-14-25(39)31(37)29(23)35)7-10-21(27(26)33)16-1-3-17(4-2-16)22-11-13-24(38)30(36)28(22)34/h3,7,10-14,16,18,20,38-39H,1-2,4-6,8-9,15H2. The summed E-state index contributed by atoms with van der Waals surface area (Å²) in [6.45, 7) is -0.138. The number of rotatable bonds is 6. The van der Waals surface area contributed by atoms with Crippen LogP contribution in [0.3, 0.4) is 0 Å². The summed E-state index contributed by atoms with van der Waals surface area (Å²) in [4.78, 5) is 0. The lowest BCUT2D eigenvalue weighted by Crippen LogP contribution is -2.21. The summed E-state index contributed by atoms with van der Waals surface area (Å²) in [6, 6.07) is 7.92. The van der Waals surface area contributed by atoms with Gasteiger partial charge < -0.3 is 14.9 Å². The van der Waals surface area contributed by atoms with E-state index in [0.29, 0.717) is 50.5 Å². The molecule has 2 aliphatic carbocycles. The van der Waals surface area contributed by atoms with Crippen molar-refractivity contribution in [1.82, 2.24) is 0 Å². The maximum atomic E-state index is 15.1. The molecule has 9 heteroatoms. The van der Waals surface area contributed by atoms with Gasteiger partial charge in [-0.1, -0.05) is 24.3 Å². The Bertz CT molecular complexity index is 1450. The molecule has 3 nitrogen and oxygen atoms in total. The maximum absolute atomic E-state index is 15.1. The molecule has 0 bridgehead atoms. The van der Waals surface area contributed by atoms with Crippen LogP contribution in [0, 0.1) is 34.9 Å². The van der Waals surface area contributed by atoms with E-state index < -0.39 is 46.4 Å². The molecule has 40 heavy (non-hydrogen) atoms. The quantitative estimate of drug-likeness (QED) is 0.296. The van der Waals surface area contributed by atoms with Gasteiger partial charge in [0.25, 0.3) is 0 Å². The summed E-state index contributed by atoms with van der Waals surface area (Å²) in [5.41, 5.74) is 1.08. The van der Waals surface area contributed by atoms with Gasteiger partial charge in [-0.05, 0) is 91.7 Å². The van der Waals surface area contributed by atoms with Gasteiger partial charge in [0.05, 0.1) is 12.7 Å². The molecule has 3 aromatic carbocycles. The highest BCUT2D eigenvalue weighted by atomic mass is 19.2. The van der Waals surface area contributed by atoms with Crippen molar-refractivity contribution in [1.29, 1.82) is 0 Å². The number of allylic oxidation sites excluding steroid dienone is 2. The van der Waals surface area contributed by atoms with Crippen molar-refractivity contribution in [3.63, 3.8) is 0 Å². The fourth-order valence-electron chi connectivity index (χ4n) is 5.80.